The number of benzene rings is 1. The monoisotopic (exact) mass is 220 g/mol. The predicted octanol–water partition coefficient (Wildman–Crippen LogP) is 3.32. The van der Waals surface area contributed by atoms with Gasteiger partial charge in [0, 0.05) is 17.3 Å². The summed E-state index contributed by atoms with van der Waals surface area (Å²) >= 11 is 0. The molecular weight excluding hydrogens is 200 g/mol. The van der Waals surface area contributed by atoms with Crippen LogP contribution in [0.15, 0.2) is 30.5 Å². The molecule has 0 aliphatic carbocycles. The van der Waals surface area contributed by atoms with Crippen LogP contribution in [-0.2, 0) is 0 Å². The Labute approximate surface area is 96.7 Å². The summed E-state index contributed by atoms with van der Waals surface area (Å²) in [6.45, 7) is 8.00. The Morgan fingerprint density at radius 3 is 2.31 bits per heavy atom. The van der Waals surface area contributed by atoms with Gasteiger partial charge in [-0.05, 0) is 23.6 Å². The fourth-order valence-corrected chi connectivity index (χ4v) is 1.20. The van der Waals surface area contributed by atoms with Crippen molar-refractivity contribution in [3.8, 4) is 0 Å². The van der Waals surface area contributed by atoms with E-state index in [1.54, 1.807) is 12.1 Å². The molecule has 0 atom stereocenters. The molecule has 2 aromatic rings. The van der Waals surface area contributed by atoms with E-state index in [1.807, 2.05) is 46.0 Å². The molecule has 88 valence electrons. The van der Waals surface area contributed by atoms with E-state index in [-0.39, 0.29) is 0 Å². The lowest BCUT2D eigenvalue weighted by Gasteiger charge is -1.94. The van der Waals surface area contributed by atoms with E-state index in [1.165, 1.54) is 0 Å². The van der Waals surface area contributed by atoms with Gasteiger partial charge >= 0.3 is 0 Å². The summed E-state index contributed by atoms with van der Waals surface area (Å²) in [6.07, 6.45) is 1.83. The maximum Gasteiger partial charge on any atom is 0.248 e. The van der Waals surface area contributed by atoms with E-state index in [0.29, 0.717) is 5.56 Å². The van der Waals surface area contributed by atoms with Crippen LogP contribution >= 0.6 is 0 Å². The van der Waals surface area contributed by atoms with Gasteiger partial charge in [-0.2, -0.15) is 0 Å². The van der Waals surface area contributed by atoms with Crippen molar-refractivity contribution in [2.75, 3.05) is 0 Å². The van der Waals surface area contributed by atoms with Crippen molar-refractivity contribution in [2.45, 2.75) is 27.7 Å². The third-order valence-electron chi connectivity index (χ3n) is 1.84. The van der Waals surface area contributed by atoms with Gasteiger partial charge in [0.15, 0.2) is 0 Å². The third kappa shape index (κ3) is 3.42. The lowest BCUT2D eigenvalue weighted by Crippen LogP contribution is -2.10. The average Bonchev–Trinajstić information content (AvgIpc) is 2.81. The first kappa shape index (κ1) is 14.2. The highest BCUT2D eigenvalue weighted by Gasteiger charge is 2.00. The van der Waals surface area contributed by atoms with Gasteiger partial charge in [0.25, 0.3) is 0 Å². The van der Waals surface area contributed by atoms with Crippen LogP contribution in [0.3, 0.4) is 0 Å². The molecule has 0 saturated carbocycles. The minimum atomic E-state index is -0.397. The van der Waals surface area contributed by atoms with Crippen LogP contribution in [0.1, 0.15) is 38.1 Å². The fraction of sp³-hybridized carbons (Fsp3) is 0.308. The SMILES string of the molecule is CC.CC.NC(=O)c1ccc2cc[nH]c2c1. The Morgan fingerprint density at radius 2 is 1.75 bits per heavy atom. The van der Waals surface area contributed by atoms with E-state index >= 15 is 0 Å². The van der Waals surface area contributed by atoms with Gasteiger partial charge in [0.05, 0.1) is 0 Å². The number of amides is 1. The lowest BCUT2D eigenvalue weighted by atomic mass is 10.1. The molecule has 0 fully saturated rings. The smallest absolute Gasteiger partial charge is 0.248 e. The highest BCUT2D eigenvalue weighted by atomic mass is 16.1. The number of H-pyrrole nitrogens is 1. The summed E-state index contributed by atoms with van der Waals surface area (Å²) in [7, 11) is 0. The van der Waals surface area contributed by atoms with Gasteiger partial charge in [-0.25, -0.2) is 0 Å². The first-order chi connectivity index (χ1) is 7.77. The number of aromatic nitrogens is 1. The Balaban J connectivity index is 0.000000509. The van der Waals surface area contributed by atoms with Crippen LogP contribution < -0.4 is 5.73 Å². The summed E-state index contributed by atoms with van der Waals surface area (Å²) in [5.74, 6) is -0.397. The summed E-state index contributed by atoms with van der Waals surface area (Å²) in [6, 6.07) is 7.28. The highest BCUT2D eigenvalue weighted by Crippen LogP contribution is 2.13. The second-order valence-electron chi connectivity index (χ2n) is 2.64. The zero-order chi connectivity index (χ0) is 12.6. The number of hydrogen-bond donors (Lipinski definition) is 2. The van der Waals surface area contributed by atoms with Crippen molar-refractivity contribution in [1.82, 2.24) is 4.98 Å². The highest BCUT2D eigenvalue weighted by molar-refractivity contribution is 5.96. The Bertz CT molecular complexity index is 432. The fourth-order valence-electron chi connectivity index (χ4n) is 1.20. The molecule has 1 aromatic carbocycles. The maximum atomic E-state index is 10.8. The molecule has 0 spiro atoms. The van der Waals surface area contributed by atoms with Gasteiger partial charge in [0.1, 0.15) is 0 Å². The number of carbonyl (C=O) groups is 1. The Hall–Kier alpha value is -1.77. The third-order valence-corrected chi connectivity index (χ3v) is 1.84. The van der Waals surface area contributed by atoms with Crippen LogP contribution in [0, 0.1) is 0 Å². The molecule has 1 amide bonds. The molecular formula is C13H20N2O. The summed E-state index contributed by atoms with van der Waals surface area (Å²) < 4.78 is 0. The van der Waals surface area contributed by atoms with Crippen LogP contribution in [-0.4, -0.2) is 10.9 Å². The number of nitrogens with two attached hydrogens (primary N) is 1. The summed E-state index contributed by atoms with van der Waals surface area (Å²) in [4.78, 5) is 13.8. The van der Waals surface area contributed by atoms with Gasteiger partial charge in [-0.15, -0.1) is 0 Å². The quantitative estimate of drug-likeness (QED) is 0.761. The van der Waals surface area contributed by atoms with Crippen LogP contribution in [0.2, 0.25) is 0 Å². The van der Waals surface area contributed by atoms with Gasteiger partial charge < -0.3 is 10.7 Å². The molecule has 0 saturated heterocycles. The van der Waals surface area contributed by atoms with E-state index in [2.05, 4.69) is 4.98 Å². The number of aromatic amines is 1. The molecule has 0 aliphatic heterocycles. The minimum Gasteiger partial charge on any atom is -0.366 e. The first-order valence-corrected chi connectivity index (χ1v) is 5.64. The van der Waals surface area contributed by atoms with Crippen molar-refractivity contribution in [3.63, 3.8) is 0 Å². The minimum absolute atomic E-state index is 0.397. The van der Waals surface area contributed by atoms with E-state index in [4.69, 9.17) is 5.73 Å². The number of primary amides is 1. The molecule has 3 heteroatoms. The topological polar surface area (TPSA) is 58.9 Å². The second-order valence-corrected chi connectivity index (χ2v) is 2.64. The van der Waals surface area contributed by atoms with Crippen molar-refractivity contribution < 1.29 is 4.79 Å². The van der Waals surface area contributed by atoms with Crippen molar-refractivity contribution in [3.05, 3.63) is 36.0 Å². The van der Waals surface area contributed by atoms with Crippen LogP contribution in [0.5, 0.6) is 0 Å². The van der Waals surface area contributed by atoms with Crippen molar-refractivity contribution in [1.29, 1.82) is 0 Å². The van der Waals surface area contributed by atoms with Gasteiger partial charge in [-0.1, -0.05) is 33.8 Å². The second kappa shape index (κ2) is 7.51. The van der Waals surface area contributed by atoms with Crippen molar-refractivity contribution in [2.24, 2.45) is 5.73 Å². The number of carbonyl (C=O) groups excluding carboxylic acids is 1. The Morgan fingerprint density at radius 1 is 1.12 bits per heavy atom. The van der Waals surface area contributed by atoms with Gasteiger partial charge in [0.2, 0.25) is 5.91 Å². The molecule has 0 unspecified atom stereocenters. The molecule has 0 aliphatic rings. The molecule has 1 aromatic heterocycles. The van der Waals surface area contributed by atoms with Crippen molar-refractivity contribution >= 4 is 16.8 Å². The van der Waals surface area contributed by atoms with Gasteiger partial charge in [-0.3, -0.25) is 4.79 Å². The maximum absolute atomic E-state index is 10.8. The molecule has 2 rings (SSSR count). The largest absolute Gasteiger partial charge is 0.366 e. The summed E-state index contributed by atoms with van der Waals surface area (Å²) in [5, 5.41) is 1.08. The first-order valence-electron chi connectivity index (χ1n) is 5.64. The van der Waals surface area contributed by atoms with E-state index < -0.39 is 5.91 Å². The molecule has 1 heterocycles. The lowest BCUT2D eigenvalue weighted by molar-refractivity contribution is 0.100. The zero-order valence-electron chi connectivity index (χ0n) is 10.4. The normalized spacial score (nSPS) is 8.50. The Kier molecular flexibility index (Phi) is 6.68. The van der Waals surface area contributed by atoms with E-state index in [0.717, 1.165) is 10.9 Å². The summed E-state index contributed by atoms with van der Waals surface area (Å²) in [5.41, 5.74) is 6.59. The zero-order valence-corrected chi connectivity index (χ0v) is 10.4. The molecule has 16 heavy (non-hydrogen) atoms. The molecule has 3 nitrogen and oxygen atoms in total. The standard InChI is InChI=1S/C9H8N2O.2C2H6/c10-9(12)7-2-1-6-3-4-11-8(6)5-7;2*1-2/h1-5,11H,(H2,10,12);2*1-2H3. The number of hydrogen-bond acceptors (Lipinski definition) is 1. The van der Waals surface area contributed by atoms with Crippen LogP contribution in [0.4, 0.5) is 0 Å². The predicted molar refractivity (Wildman–Crippen MR) is 69.5 cm³/mol. The van der Waals surface area contributed by atoms with Crippen LogP contribution in [0.25, 0.3) is 10.9 Å². The number of rotatable bonds is 1. The number of fused-ring (bicyclic) bond motifs is 1. The molecule has 0 bridgehead atoms. The average molecular weight is 220 g/mol. The van der Waals surface area contributed by atoms with E-state index in [9.17, 15) is 4.79 Å². The number of nitrogens with one attached hydrogen (secondary N) is 1. The molecule has 3 N–H and O–H groups in total. The molecule has 0 radical (unpaired) electrons.